The van der Waals surface area contributed by atoms with Crippen LogP contribution >= 0.6 is 27.5 Å². The summed E-state index contributed by atoms with van der Waals surface area (Å²) in [5.74, 6) is 1.71. The van der Waals surface area contributed by atoms with Gasteiger partial charge in [-0.1, -0.05) is 27.5 Å². The van der Waals surface area contributed by atoms with Crippen LogP contribution < -0.4 is 5.73 Å². The number of hydrogen-bond acceptors (Lipinski definition) is 2. The molecule has 0 spiro atoms. The van der Waals surface area contributed by atoms with Gasteiger partial charge in [-0.05, 0) is 100 Å². The zero-order valence-electron chi connectivity index (χ0n) is 16.1. The van der Waals surface area contributed by atoms with Gasteiger partial charge in [-0.15, -0.1) is 0 Å². The van der Waals surface area contributed by atoms with E-state index in [4.69, 9.17) is 22.7 Å². The Morgan fingerprint density at radius 2 is 1.96 bits per heavy atom. The molecule has 1 aromatic rings. The van der Waals surface area contributed by atoms with Crippen LogP contribution in [0, 0.1) is 17.2 Å². The Labute approximate surface area is 177 Å². The lowest BCUT2D eigenvalue weighted by molar-refractivity contribution is 0.171. The van der Waals surface area contributed by atoms with Crippen molar-refractivity contribution in [1.82, 2.24) is 9.80 Å². The Morgan fingerprint density at radius 3 is 2.70 bits per heavy atom. The molecule has 1 unspecified atom stereocenters. The minimum atomic E-state index is 0.244. The summed E-state index contributed by atoms with van der Waals surface area (Å²) in [5, 5.41) is 8.46. The predicted octanol–water partition coefficient (Wildman–Crippen LogP) is 4.74. The van der Waals surface area contributed by atoms with Gasteiger partial charge in [0.2, 0.25) is 0 Å². The fourth-order valence-electron chi connectivity index (χ4n) is 4.55. The van der Waals surface area contributed by atoms with Gasteiger partial charge < -0.3 is 15.5 Å². The van der Waals surface area contributed by atoms with Crippen molar-refractivity contribution < 1.29 is 0 Å². The van der Waals surface area contributed by atoms with Gasteiger partial charge >= 0.3 is 0 Å². The average Bonchev–Trinajstić information content (AvgIpc) is 2.66. The first-order valence-corrected chi connectivity index (χ1v) is 11.4. The van der Waals surface area contributed by atoms with E-state index >= 15 is 0 Å². The molecule has 0 bridgehead atoms. The lowest BCUT2D eigenvalue weighted by atomic mass is 9.89. The monoisotopic (exact) mass is 454 g/mol. The van der Waals surface area contributed by atoms with Crippen LogP contribution in [-0.2, 0) is 6.42 Å². The molecule has 3 N–H and O–H groups in total. The van der Waals surface area contributed by atoms with Crippen LogP contribution in [0.2, 0.25) is 5.02 Å². The number of nitrogens with zero attached hydrogens (tertiary/aromatic N) is 2. The number of benzene rings is 1. The van der Waals surface area contributed by atoms with Gasteiger partial charge in [-0.25, -0.2) is 0 Å². The third kappa shape index (κ3) is 6.37. The van der Waals surface area contributed by atoms with E-state index < -0.39 is 0 Å². The van der Waals surface area contributed by atoms with Gasteiger partial charge in [0.05, 0.1) is 0 Å². The molecule has 2 heterocycles. The number of rotatable bonds is 6. The van der Waals surface area contributed by atoms with Crippen molar-refractivity contribution in [2.24, 2.45) is 17.6 Å². The molecule has 27 heavy (non-hydrogen) atoms. The zero-order valence-corrected chi connectivity index (χ0v) is 18.4. The predicted molar refractivity (Wildman–Crippen MR) is 117 cm³/mol. The molecule has 0 aliphatic carbocycles. The molecule has 0 radical (unpaired) electrons. The third-order valence-electron chi connectivity index (χ3n) is 6.17. The normalized spacial score (nSPS) is 22.1. The van der Waals surface area contributed by atoms with Gasteiger partial charge in [0.25, 0.3) is 0 Å². The Bertz CT molecular complexity index is 631. The summed E-state index contributed by atoms with van der Waals surface area (Å²) in [7, 11) is 0. The number of piperidine rings is 2. The Hall–Kier alpha value is -0.780. The van der Waals surface area contributed by atoms with Gasteiger partial charge in [-0.2, -0.15) is 0 Å². The molecule has 2 saturated heterocycles. The maximum absolute atomic E-state index is 7.63. The van der Waals surface area contributed by atoms with Crippen molar-refractivity contribution in [2.75, 3.05) is 32.7 Å². The highest BCUT2D eigenvalue weighted by Crippen LogP contribution is 2.28. The average molecular weight is 456 g/mol. The maximum Gasteiger partial charge on any atom is 0.188 e. The van der Waals surface area contributed by atoms with E-state index in [0.717, 1.165) is 30.5 Å². The molecule has 2 aliphatic heterocycles. The third-order valence-corrected chi connectivity index (χ3v) is 7.18. The van der Waals surface area contributed by atoms with Crippen LogP contribution in [0.15, 0.2) is 22.7 Å². The van der Waals surface area contributed by atoms with Crippen molar-refractivity contribution >= 4 is 33.5 Å². The number of guanidine groups is 1. The van der Waals surface area contributed by atoms with Crippen LogP contribution in [-0.4, -0.2) is 48.5 Å². The van der Waals surface area contributed by atoms with E-state index in [-0.39, 0.29) is 5.96 Å². The fourth-order valence-corrected chi connectivity index (χ4v) is 5.15. The first-order chi connectivity index (χ1) is 13.0. The van der Waals surface area contributed by atoms with Gasteiger partial charge in [0, 0.05) is 22.6 Å². The largest absolute Gasteiger partial charge is 0.370 e. The van der Waals surface area contributed by atoms with Crippen molar-refractivity contribution in [1.29, 1.82) is 5.41 Å². The molecular weight excluding hydrogens is 424 g/mol. The number of halogens is 2. The highest BCUT2D eigenvalue weighted by atomic mass is 79.9. The second kappa shape index (κ2) is 10.1. The van der Waals surface area contributed by atoms with E-state index in [9.17, 15) is 0 Å². The molecule has 1 atom stereocenters. The molecule has 1 aromatic carbocycles. The Balaban J connectivity index is 1.35. The molecule has 4 nitrogen and oxygen atoms in total. The molecule has 150 valence electrons. The zero-order chi connectivity index (χ0) is 19.2. The highest BCUT2D eigenvalue weighted by molar-refractivity contribution is 9.10. The Morgan fingerprint density at radius 1 is 1.19 bits per heavy atom. The maximum atomic E-state index is 7.63. The van der Waals surface area contributed by atoms with Crippen LogP contribution in [0.4, 0.5) is 0 Å². The summed E-state index contributed by atoms with van der Waals surface area (Å²) in [6.07, 6.45) is 8.67. The SMILES string of the molecule is N=C(N)N1CCCC(CCCN2CCC(Cc3cc(Cl)ccc3Br)CC2)C1. The summed E-state index contributed by atoms with van der Waals surface area (Å²) < 4.78 is 1.18. The van der Waals surface area contributed by atoms with Crippen LogP contribution in [0.1, 0.15) is 44.1 Å². The number of nitrogens with two attached hydrogens (primary N) is 1. The second-order valence-electron chi connectivity index (χ2n) is 8.21. The lowest BCUT2D eigenvalue weighted by Gasteiger charge is -2.34. The smallest absolute Gasteiger partial charge is 0.188 e. The quantitative estimate of drug-likeness (QED) is 0.481. The molecule has 0 amide bonds. The van der Waals surface area contributed by atoms with Gasteiger partial charge in [0.15, 0.2) is 5.96 Å². The van der Waals surface area contributed by atoms with Crippen LogP contribution in [0.5, 0.6) is 0 Å². The van der Waals surface area contributed by atoms with Crippen molar-refractivity contribution in [2.45, 2.75) is 44.9 Å². The van der Waals surface area contributed by atoms with Crippen molar-refractivity contribution in [3.05, 3.63) is 33.3 Å². The minimum absolute atomic E-state index is 0.244. The molecule has 2 fully saturated rings. The van der Waals surface area contributed by atoms with Gasteiger partial charge in [-0.3, -0.25) is 5.41 Å². The van der Waals surface area contributed by atoms with E-state index in [0.29, 0.717) is 5.92 Å². The van der Waals surface area contributed by atoms with Gasteiger partial charge in [0.1, 0.15) is 0 Å². The van der Waals surface area contributed by atoms with Crippen molar-refractivity contribution in [3.8, 4) is 0 Å². The molecule has 2 aliphatic rings. The van der Waals surface area contributed by atoms with E-state index in [1.807, 2.05) is 11.0 Å². The van der Waals surface area contributed by atoms with E-state index in [1.165, 1.54) is 68.2 Å². The van der Waals surface area contributed by atoms with Crippen molar-refractivity contribution in [3.63, 3.8) is 0 Å². The number of hydrogen-bond donors (Lipinski definition) is 2. The van der Waals surface area contributed by atoms with Crippen LogP contribution in [0.3, 0.4) is 0 Å². The lowest BCUT2D eigenvalue weighted by Crippen LogP contribution is -2.43. The molecule has 0 saturated carbocycles. The molecule has 3 rings (SSSR count). The summed E-state index contributed by atoms with van der Waals surface area (Å²) >= 11 is 9.82. The second-order valence-corrected chi connectivity index (χ2v) is 9.50. The fraction of sp³-hybridized carbons (Fsp3) is 0.667. The topological polar surface area (TPSA) is 56.4 Å². The minimum Gasteiger partial charge on any atom is -0.370 e. The first-order valence-electron chi connectivity index (χ1n) is 10.3. The first kappa shape index (κ1) is 20.9. The summed E-state index contributed by atoms with van der Waals surface area (Å²) in [4.78, 5) is 4.67. The standard InChI is InChI=1S/C21H32BrClN4/c22-20-6-5-19(23)14-18(20)13-16-7-11-26(12-8-16)9-1-3-17-4-2-10-27(15-17)21(24)25/h5-6,14,16-17H,1-4,7-13,15H2,(H3,24,25). The Kier molecular flexibility index (Phi) is 7.86. The summed E-state index contributed by atoms with van der Waals surface area (Å²) in [6.45, 7) is 5.58. The molecular formula is C21H32BrClN4. The highest BCUT2D eigenvalue weighted by Gasteiger charge is 2.22. The van der Waals surface area contributed by atoms with E-state index in [2.05, 4.69) is 33.0 Å². The number of likely N-dealkylation sites (tertiary alicyclic amines) is 2. The van der Waals surface area contributed by atoms with Crippen LogP contribution in [0.25, 0.3) is 0 Å². The summed E-state index contributed by atoms with van der Waals surface area (Å²) in [6, 6.07) is 6.11. The number of nitrogens with one attached hydrogen (secondary N) is 1. The molecule has 0 aromatic heterocycles. The van der Waals surface area contributed by atoms with E-state index in [1.54, 1.807) is 0 Å². The molecule has 6 heteroatoms. The summed E-state index contributed by atoms with van der Waals surface area (Å²) in [5.41, 5.74) is 6.99.